The van der Waals surface area contributed by atoms with E-state index in [1.807, 2.05) is 0 Å². The molecule has 1 amide bonds. The van der Waals surface area contributed by atoms with Crippen molar-refractivity contribution in [3.63, 3.8) is 0 Å². The lowest BCUT2D eigenvalue weighted by molar-refractivity contribution is -0.151. The lowest BCUT2D eigenvalue weighted by Crippen LogP contribution is -2.34. The Balaban J connectivity index is 2.71. The monoisotopic (exact) mass is 251 g/mol. The van der Waals surface area contributed by atoms with Crippen LogP contribution < -0.4 is 5.32 Å². The highest BCUT2D eigenvalue weighted by Crippen LogP contribution is 2.31. The van der Waals surface area contributed by atoms with Crippen LogP contribution in [0.5, 0.6) is 0 Å². The zero-order chi connectivity index (χ0) is 13.6. The number of aliphatic carboxylic acids is 1. The minimum atomic E-state index is -1.02. The molecule has 2 N–H and O–H groups in total. The molecule has 0 radical (unpaired) electrons. The van der Waals surface area contributed by atoms with Crippen LogP contribution in [0.15, 0.2) is 18.5 Å². The molecule has 0 aliphatic carbocycles. The summed E-state index contributed by atoms with van der Waals surface area (Å²) in [6, 6.07) is 1.63. The molecule has 6 nitrogen and oxygen atoms in total. The number of nitrogens with one attached hydrogen (secondary N) is 1. The first kappa shape index (κ1) is 14.1. The Morgan fingerprint density at radius 3 is 2.28 bits per heavy atom. The molecule has 0 aliphatic heterocycles. The van der Waals surface area contributed by atoms with Crippen molar-refractivity contribution >= 4 is 17.8 Å². The van der Waals surface area contributed by atoms with Crippen molar-refractivity contribution in [2.75, 3.05) is 5.32 Å². The van der Waals surface area contributed by atoms with E-state index in [-0.39, 0.29) is 18.3 Å². The molecule has 18 heavy (non-hydrogen) atoms. The molecule has 1 heterocycles. The van der Waals surface area contributed by atoms with Gasteiger partial charge in [0.1, 0.15) is 0 Å². The van der Waals surface area contributed by atoms with E-state index in [1.165, 1.54) is 12.4 Å². The van der Waals surface area contributed by atoms with E-state index in [0.29, 0.717) is 12.8 Å². The molecule has 1 aromatic heterocycles. The number of rotatable bonds is 6. The Morgan fingerprint density at radius 2 is 1.83 bits per heavy atom. The van der Waals surface area contributed by atoms with Crippen LogP contribution in [0.3, 0.4) is 0 Å². The second kappa shape index (κ2) is 6.09. The zero-order valence-corrected chi connectivity index (χ0v) is 10.5. The van der Waals surface area contributed by atoms with Crippen molar-refractivity contribution in [3.05, 3.63) is 18.5 Å². The van der Waals surface area contributed by atoms with Gasteiger partial charge in [-0.1, -0.05) is 13.8 Å². The molecule has 0 aliphatic rings. The van der Waals surface area contributed by atoms with Gasteiger partial charge >= 0.3 is 5.97 Å². The van der Waals surface area contributed by atoms with Gasteiger partial charge in [-0.25, -0.2) is 9.97 Å². The first-order valence-corrected chi connectivity index (χ1v) is 5.84. The molecule has 6 heteroatoms. The number of aromatic nitrogens is 2. The summed E-state index contributed by atoms with van der Waals surface area (Å²) >= 11 is 0. The number of amides is 1. The third-order valence-corrected chi connectivity index (χ3v) is 3.12. The molecule has 1 aromatic rings. The number of nitrogens with zero attached hydrogens (tertiary/aromatic N) is 2. The van der Waals surface area contributed by atoms with Crippen molar-refractivity contribution in [1.82, 2.24) is 9.97 Å². The van der Waals surface area contributed by atoms with Gasteiger partial charge in [-0.2, -0.15) is 0 Å². The lowest BCUT2D eigenvalue weighted by Gasteiger charge is -2.25. The molecule has 0 fully saturated rings. The van der Waals surface area contributed by atoms with Crippen LogP contribution in [0.25, 0.3) is 0 Å². The summed E-state index contributed by atoms with van der Waals surface area (Å²) in [6.07, 6.45) is 3.75. The van der Waals surface area contributed by atoms with Crippen LogP contribution in [0.1, 0.15) is 33.1 Å². The zero-order valence-electron chi connectivity index (χ0n) is 10.5. The number of carboxylic acid groups (broad SMARTS) is 1. The van der Waals surface area contributed by atoms with E-state index in [4.69, 9.17) is 0 Å². The lowest BCUT2D eigenvalue weighted by atomic mass is 9.79. The van der Waals surface area contributed by atoms with Gasteiger partial charge in [-0.3, -0.25) is 14.9 Å². The number of carboxylic acids is 1. The van der Waals surface area contributed by atoms with Crippen LogP contribution in [-0.4, -0.2) is 27.0 Å². The van der Waals surface area contributed by atoms with Crippen LogP contribution >= 0.6 is 0 Å². The van der Waals surface area contributed by atoms with E-state index in [1.54, 1.807) is 19.9 Å². The Hall–Kier alpha value is -1.98. The van der Waals surface area contributed by atoms with Crippen molar-refractivity contribution in [1.29, 1.82) is 0 Å². The third kappa shape index (κ3) is 3.26. The van der Waals surface area contributed by atoms with Gasteiger partial charge in [0.15, 0.2) is 0 Å². The fourth-order valence-electron chi connectivity index (χ4n) is 1.72. The summed E-state index contributed by atoms with van der Waals surface area (Å²) < 4.78 is 0. The maximum atomic E-state index is 11.8. The topological polar surface area (TPSA) is 92.2 Å². The van der Waals surface area contributed by atoms with Gasteiger partial charge in [0.2, 0.25) is 11.9 Å². The maximum absolute atomic E-state index is 11.8. The molecule has 0 aromatic carbocycles. The number of carbonyl (C=O) groups is 2. The molecule has 0 saturated heterocycles. The summed E-state index contributed by atoms with van der Waals surface area (Å²) in [6.45, 7) is 3.54. The summed E-state index contributed by atoms with van der Waals surface area (Å²) in [5.74, 6) is -1.14. The van der Waals surface area contributed by atoms with Gasteiger partial charge in [0.05, 0.1) is 5.41 Å². The Morgan fingerprint density at radius 1 is 1.28 bits per heavy atom. The van der Waals surface area contributed by atoms with Gasteiger partial charge in [-0.05, 0) is 18.9 Å². The standard InChI is InChI=1S/C12H17N3O3/c1-3-12(4-2,10(17)18)8-9(16)15-11-13-6-5-7-14-11/h5-7H,3-4,8H2,1-2H3,(H,17,18)(H,13,14,15,16). The van der Waals surface area contributed by atoms with Crippen LogP contribution in [-0.2, 0) is 9.59 Å². The average Bonchev–Trinajstić information content (AvgIpc) is 2.37. The fraction of sp³-hybridized carbons (Fsp3) is 0.500. The van der Waals surface area contributed by atoms with Crippen molar-refractivity contribution in [3.8, 4) is 0 Å². The first-order valence-electron chi connectivity index (χ1n) is 5.84. The maximum Gasteiger partial charge on any atom is 0.310 e. The van der Waals surface area contributed by atoms with Gasteiger partial charge < -0.3 is 5.11 Å². The molecule has 0 saturated carbocycles. The molecule has 0 atom stereocenters. The highest BCUT2D eigenvalue weighted by Gasteiger charge is 2.37. The average molecular weight is 251 g/mol. The smallest absolute Gasteiger partial charge is 0.310 e. The first-order chi connectivity index (χ1) is 8.54. The molecular weight excluding hydrogens is 234 g/mol. The van der Waals surface area contributed by atoms with Crippen molar-refractivity contribution < 1.29 is 14.7 Å². The normalized spacial score (nSPS) is 11.0. The van der Waals surface area contributed by atoms with Crippen LogP contribution in [0.4, 0.5) is 5.95 Å². The Bertz CT molecular complexity index is 416. The second-order valence-electron chi connectivity index (χ2n) is 4.09. The van der Waals surface area contributed by atoms with Gasteiger partial charge in [0.25, 0.3) is 0 Å². The molecule has 0 unspecified atom stereocenters. The summed E-state index contributed by atoms with van der Waals surface area (Å²) in [4.78, 5) is 30.8. The summed E-state index contributed by atoms with van der Waals surface area (Å²) in [5, 5.41) is 11.7. The Labute approximate surface area is 105 Å². The van der Waals surface area contributed by atoms with E-state index >= 15 is 0 Å². The Kier molecular flexibility index (Phi) is 4.76. The minimum absolute atomic E-state index is 0.0758. The number of anilines is 1. The molecule has 1 rings (SSSR count). The van der Waals surface area contributed by atoms with Crippen LogP contribution in [0.2, 0.25) is 0 Å². The molecule has 0 spiro atoms. The van der Waals surface area contributed by atoms with E-state index in [2.05, 4.69) is 15.3 Å². The quantitative estimate of drug-likeness (QED) is 0.802. The molecular formula is C12H17N3O3. The summed E-state index contributed by atoms with van der Waals surface area (Å²) in [7, 11) is 0. The predicted octanol–water partition coefficient (Wildman–Crippen LogP) is 1.70. The fourth-order valence-corrected chi connectivity index (χ4v) is 1.72. The number of carbonyl (C=O) groups excluding carboxylic acids is 1. The van der Waals surface area contributed by atoms with E-state index in [9.17, 15) is 14.7 Å². The summed E-state index contributed by atoms with van der Waals surface area (Å²) in [5.41, 5.74) is -1.02. The largest absolute Gasteiger partial charge is 0.481 e. The highest BCUT2D eigenvalue weighted by molar-refractivity contribution is 5.92. The number of hydrogen-bond donors (Lipinski definition) is 2. The van der Waals surface area contributed by atoms with E-state index < -0.39 is 11.4 Å². The van der Waals surface area contributed by atoms with Crippen molar-refractivity contribution in [2.24, 2.45) is 5.41 Å². The van der Waals surface area contributed by atoms with Crippen molar-refractivity contribution in [2.45, 2.75) is 33.1 Å². The minimum Gasteiger partial charge on any atom is -0.481 e. The predicted molar refractivity (Wildman–Crippen MR) is 65.9 cm³/mol. The molecule has 0 bridgehead atoms. The SMILES string of the molecule is CCC(CC)(CC(=O)Nc1ncccn1)C(=O)O. The van der Waals surface area contributed by atoms with Crippen LogP contribution in [0, 0.1) is 5.41 Å². The second-order valence-corrected chi connectivity index (χ2v) is 4.09. The molecule has 98 valence electrons. The number of hydrogen-bond acceptors (Lipinski definition) is 4. The van der Waals surface area contributed by atoms with E-state index in [0.717, 1.165) is 0 Å². The van der Waals surface area contributed by atoms with Gasteiger partial charge in [-0.15, -0.1) is 0 Å². The third-order valence-electron chi connectivity index (χ3n) is 3.12. The highest BCUT2D eigenvalue weighted by atomic mass is 16.4. The van der Waals surface area contributed by atoms with Gasteiger partial charge in [0, 0.05) is 18.8 Å².